The number of carboxylic acids is 1. The number of anilines is 3. The maximum Gasteiger partial charge on any atom is 0.339 e. The van der Waals surface area contributed by atoms with E-state index in [2.05, 4.69) is 45.0 Å². The molecule has 9 rings (SSSR count). The van der Waals surface area contributed by atoms with Crippen molar-refractivity contribution in [3.8, 4) is 0 Å². The summed E-state index contributed by atoms with van der Waals surface area (Å²) in [5, 5.41) is 28.1. The number of aromatic nitrogens is 4. The molecule has 20 heteroatoms. The Morgan fingerprint density at radius 1 is 0.767 bits per heavy atom. The predicted octanol–water partition coefficient (Wildman–Crippen LogP) is 15.6. The van der Waals surface area contributed by atoms with Crippen molar-refractivity contribution in [2.75, 3.05) is 31.1 Å². The first kappa shape index (κ1) is 63.7. The Labute approximate surface area is 493 Å². The zero-order valence-corrected chi connectivity index (χ0v) is 49.5. The molecule has 73 heavy (non-hydrogen) atoms. The van der Waals surface area contributed by atoms with Crippen LogP contribution < -0.4 is 14.9 Å². The van der Waals surface area contributed by atoms with Gasteiger partial charge in [0.05, 0.1) is 47.4 Å². The molecule has 2 N–H and O–H groups in total. The summed E-state index contributed by atoms with van der Waals surface area (Å²) in [6.07, 6.45) is 9.25. The first-order valence-corrected chi connectivity index (χ1v) is 26.7. The Bertz CT molecular complexity index is 2680. The van der Waals surface area contributed by atoms with E-state index in [1.807, 2.05) is 80.2 Å². The molecule has 3 aromatic carbocycles. The molecule has 0 bridgehead atoms. The number of halogens is 5. The zero-order chi connectivity index (χ0) is 51.1. The Balaban J connectivity index is 0.000000261. The van der Waals surface area contributed by atoms with Crippen LogP contribution in [0.3, 0.4) is 0 Å². The summed E-state index contributed by atoms with van der Waals surface area (Å²) in [6.45, 7) is 7.88. The topological polar surface area (TPSA) is 138 Å². The molecular weight excluding hydrogens is 1160 g/mol. The fraction of sp³-hybridized carbons (Fsp3) is 0.226. The second kappa shape index (κ2) is 34.1. The van der Waals surface area contributed by atoms with E-state index >= 15 is 0 Å². The molecule has 1 unspecified atom stereocenters. The largest absolute Gasteiger partial charge is 0.618 e. The summed E-state index contributed by atoms with van der Waals surface area (Å²) < 4.78 is 0.721. The monoisotopic (exact) mass is 1210 g/mol. The quantitative estimate of drug-likeness (QED) is 0.0318. The van der Waals surface area contributed by atoms with Crippen LogP contribution >= 0.6 is 94.2 Å². The number of nitrogens with zero attached hydrogens (tertiary/aromatic N) is 6. The van der Waals surface area contributed by atoms with Crippen molar-refractivity contribution in [1.29, 1.82) is 0 Å². The number of thiol groups is 1. The van der Waals surface area contributed by atoms with Crippen molar-refractivity contribution < 1.29 is 52.1 Å². The number of aromatic carboxylic acids is 1. The number of hydrogen-bond acceptors (Lipinski definition) is 11. The van der Waals surface area contributed by atoms with Gasteiger partial charge in [0.15, 0.2) is 12.0 Å². The molecule has 4 aromatic heterocycles. The molecule has 1 amide bonds. The number of likely N-dealkylation sites (tertiary alicyclic amines) is 1. The molecule has 0 saturated carbocycles. The van der Waals surface area contributed by atoms with E-state index in [1.165, 1.54) is 47.8 Å². The number of rotatable bonds is 9. The number of carbonyl (C=O) groups is 2. The van der Waals surface area contributed by atoms with Gasteiger partial charge < -0.3 is 28.0 Å². The van der Waals surface area contributed by atoms with Gasteiger partial charge in [0.2, 0.25) is 0 Å². The van der Waals surface area contributed by atoms with Gasteiger partial charge in [-0.05, 0) is 111 Å². The first-order valence-electron chi connectivity index (χ1n) is 22.6. The number of carbonyl (C=O) groups excluding carboxylic acids is 1. The molecule has 383 valence electrons. The molecule has 7 aromatic rings. The second-order valence-corrected chi connectivity index (χ2v) is 19.8. The predicted molar refractivity (Wildman–Crippen MR) is 304 cm³/mol. The minimum atomic E-state index is -1.14. The smallest absolute Gasteiger partial charge is 0.339 e. The average molecular weight is 1220 g/mol. The van der Waals surface area contributed by atoms with E-state index in [0.717, 1.165) is 66.2 Å². The van der Waals surface area contributed by atoms with Gasteiger partial charge in [-0.25, -0.2) is 14.8 Å². The van der Waals surface area contributed by atoms with Crippen molar-refractivity contribution in [3.05, 3.63) is 207 Å². The standard InChI is InChI=1S/C18H10Cl4N2O2.C12H11NS.C10H13ClN2S.C10H12N2O2S.C2H6.CH3.Y/c19-11-5-1-7-13(15(11)21)24(14-8-2-6-12(20)16(14)22)17-10(18(25)26)4-3-9-23-17;14-12(10-6-2-1-3-7-10)11-8-4-5-9-13-11;11-9-2-1-3-10(13-9)14-8-4-6-12-7-5-8;13-10(11-6-3-4-7-11)15-9-5-1-2-8-12(9)14;1-2;;/h1-9H,(H,25,26);1-9,12,14H;1-3,8,12H,4-7H2;1-2,5,8H,3-4,6-7H2;1-2H3;1H3;/q;;;;;-1;. The molecule has 0 spiro atoms. The van der Waals surface area contributed by atoms with Crippen LogP contribution in [0.4, 0.5) is 22.0 Å². The normalized spacial score (nSPS) is 13.0. The molecule has 2 aliphatic rings. The third kappa shape index (κ3) is 19.8. The molecule has 2 saturated heterocycles. The average Bonchev–Trinajstić information content (AvgIpc) is 3.95. The summed E-state index contributed by atoms with van der Waals surface area (Å²) in [6, 6.07) is 39.9. The van der Waals surface area contributed by atoms with Gasteiger partial charge in [0.25, 0.3) is 10.3 Å². The van der Waals surface area contributed by atoms with Crippen molar-refractivity contribution in [2.45, 2.75) is 60.1 Å². The van der Waals surface area contributed by atoms with Crippen LogP contribution in [-0.4, -0.2) is 67.6 Å². The SMILES string of the molecule is CC.Clc1cccc(SC2CCNCC2)n1.O=C(O)c1cccnc1N(c1cccc(Cl)c1Cl)c1cccc(Cl)c1Cl.O=C(Sc1cccc[n+]1[O-])N1CCCC1.SC(c1ccccc1)c1ccccn1.[CH3-].[Y]. The molecule has 0 aliphatic carbocycles. The van der Waals surface area contributed by atoms with Gasteiger partial charge in [-0.1, -0.05) is 126 Å². The molecule has 6 heterocycles. The van der Waals surface area contributed by atoms with Crippen molar-refractivity contribution >= 4 is 123 Å². The number of piperidine rings is 1. The van der Waals surface area contributed by atoms with Crippen LogP contribution in [-0.2, 0) is 32.7 Å². The third-order valence-electron chi connectivity index (χ3n) is 10.3. The van der Waals surface area contributed by atoms with E-state index in [9.17, 15) is 19.9 Å². The number of thioether (sulfide) groups is 2. The summed E-state index contributed by atoms with van der Waals surface area (Å²) in [7, 11) is 0. The molecule has 2 fully saturated rings. The summed E-state index contributed by atoms with van der Waals surface area (Å²) in [5.74, 6) is -1.01. The Hall–Kier alpha value is -3.64. The third-order valence-corrected chi connectivity index (χ3v) is 14.9. The van der Waals surface area contributed by atoms with Crippen LogP contribution in [0.15, 0.2) is 162 Å². The Kier molecular flexibility index (Phi) is 29.7. The summed E-state index contributed by atoms with van der Waals surface area (Å²) >= 11 is 38.3. The minimum absolute atomic E-state index is 0. The van der Waals surface area contributed by atoms with E-state index in [-0.39, 0.29) is 72.1 Å². The molecule has 1 radical (unpaired) electrons. The van der Waals surface area contributed by atoms with Gasteiger partial charge in [-0.15, -0.1) is 11.8 Å². The zero-order valence-electron chi connectivity index (χ0n) is 40.3. The Morgan fingerprint density at radius 3 is 1.93 bits per heavy atom. The van der Waals surface area contributed by atoms with Crippen LogP contribution in [0.25, 0.3) is 0 Å². The number of benzene rings is 3. The second-order valence-electron chi connectivity index (χ2n) is 15.0. The van der Waals surface area contributed by atoms with E-state index in [0.29, 0.717) is 36.8 Å². The number of amides is 1. The molecule has 2 aliphatic heterocycles. The van der Waals surface area contributed by atoms with E-state index in [1.54, 1.807) is 65.7 Å². The van der Waals surface area contributed by atoms with E-state index in [4.69, 9.17) is 58.0 Å². The van der Waals surface area contributed by atoms with Crippen molar-refractivity contribution in [2.24, 2.45) is 0 Å². The van der Waals surface area contributed by atoms with Crippen LogP contribution in [0.1, 0.15) is 66.4 Å². The minimum Gasteiger partial charge on any atom is -0.618 e. The summed E-state index contributed by atoms with van der Waals surface area (Å²) in [5.41, 5.74) is 2.98. The van der Waals surface area contributed by atoms with Crippen LogP contribution in [0, 0.1) is 12.6 Å². The summed E-state index contributed by atoms with van der Waals surface area (Å²) in [4.78, 5) is 39.5. The van der Waals surface area contributed by atoms with Crippen molar-refractivity contribution in [1.82, 2.24) is 25.2 Å². The fourth-order valence-electron chi connectivity index (χ4n) is 6.86. The molecular formula is C53H55Cl5N7O4S3Y-. The van der Waals surface area contributed by atoms with Gasteiger partial charge >= 0.3 is 5.97 Å². The number of nitrogens with one attached hydrogen (secondary N) is 1. The van der Waals surface area contributed by atoms with Crippen LogP contribution in [0.5, 0.6) is 0 Å². The molecule has 11 nitrogen and oxygen atoms in total. The van der Waals surface area contributed by atoms with E-state index < -0.39 is 5.97 Å². The molecule has 1 atom stereocenters. The van der Waals surface area contributed by atoms with Gasteiger partial charge in [0.1, 0.15) is 10.7 Å². The number of hydrogen-bond donors (Lipinski definition) is 3. The number of pyridine rings is 4. The van der Waals surface area contributed by atoms with Gasteiger partial charge in [-0.2, -0.15) is 17.4 Å². The fourth-order valence-corrected chi connectivity index (χ4v) is 10.1. The van der Waals surface area contributed by atoms with Gasteiger partial charge in [0, 0.05) is 87.3 Å². The maximum atomic E-state index is 11.7. The van der Waals surface area contributed by atoms with Crippen molar-refractivity contribution in [3.63, 3.8) is 0 Å². The number of carboxylic acid groups (broad SMARTS) is 1. The Morgan fingerprint density at radius 2 is 1.36 bits per heavy atom. The van der Waals surface area contributed by atoms with Gasteiger partial charge in [-0.3, -0.25) is 14.7 Å². The maximum absolute atomic E-state index is 11.7. The first-order chi connectivity index (χ1) is 34.4. The van der Waals surface area contributed by atoms with Crippen LogP contribution in [0.2, 0.25) is 25.2 Å².